The van der Waals surface area contributed by atoms with Crippen LogP contribution in [-0.2, 0) is 0 Å². The molecule has 23 heavy (non-hydrogen) atoms. The lowest BCUT2D eigenvalue weighted by molar-refractivity contribution is 0.0772. The summed E-state index contributed by atoms with van der Waals surface area (Å²) in [4.78, 5) is 19.0. The first-order chi connectivity index (χ1) is 11.2. The molecule has 0 aliphatic carbocycles. The Labute approximate surface area is 136 Å². The van der Waals surface area contributed by atoms with Crippen LogP contribution in [0.5, 0.6) is 0 Å². The first-order valence-electron chi connectivity index (χ1n) is 7.99. The largest absolute Gasteiger partial charge is 0.339 e. The molecular formula is C19H21N3O. The number of rotatable bonds is 4. The second-order valence-corrected chi connectivity index (χ2v) is 5.54. The third-order valence-electron chi connectivity index (χ3n) is 4.14. The monoisotopic (exact) mass is 307 g/mol. The van der Waals surface area contributed by atoms with E-state index < -0.39 is 0 Å². The van der Waals surface area contributed by atoms with Crippen LogP contribution in [-0.4, -0.2) is 33.3 Å². The van der Waals surface area contributed by atoms with E-state index in [1.54, 1.807) is 0 Å². The summed E-state index contributed by atoms with van der Waals surface area (Å²) >= 11 is 0. The van der Waals surface area contributed by atoms with Gasteiger partial charge >= 0.3 is 0 Å². The minimum atomic E-state index is 0.0577. The summed E-state index contributed by atoms with van der Waals surface area (Å²) in [6, 6.07) is 13.9. The number of fused-ring (bicyclic) bond motifs is 1. The van der Waals surface area contributed by atoms with Gasteiger partial charge in [0, 0.05) is 24.8 Å². The van der Waals surface area contributed by atoms with E-state index >= 15 is 0 Å². The molecule has 0 saturated heterocycles. The molecule has 0 fully saturated rings. The number of amides is 1. The van der Waals surface area contributed by atoms with Gasteiger partial charge in [-0.15, -0.1) is 0 Å². The summed E-state index contributed by atoms with van der Waals surface area (Å²) in [5, 5.41) is 0. The van der Waals surface area contributed by atoms with Crippen LogP contribution in [0.25, 0.3) is 16.9 Å². The number of nitrogens with zero attached hydrogens (tertiary/aromatic N) is 3. The Hall–Kier alpha value is -2.62. The van der Waals surface area contributed by atoms with Crippen LogP contribution in [0.1, 0.15) is 29.9 Å². The first-order valence-corrected chi connectivity index (χ1v) is 7.99. The Bertz CT molecular complexity index is 832. The van der Waals surface area contributed by atoms with Crippen molar-refractivity contribution >= 4 is 11.6 Å². The van der Waals surface area contributed by atoms with Crippen LogP contribution in [0, 0.1) is 6.92 Å². The Balaban J connectivity index is 2.14. The predicted molar refractivity (Wildman–Crippen MR) is 92.6 cm³/mol. The van der Waals surface area contributed by atoms with Gasteiger partial charge in [0.05, 0.1) is 17.0 Å². The van der Waals surface area contributed by atoms with Gasteiger partial charge in [-0.2, -0.15) is 0 Å². The molecule has 2 heterocycles. The van der Waals surface area contributed by atoms with Crippen LogP contribution in [0.4, 0.5) is 0 Å². The van der Waals surface area contributed by atoms with Gasteiger partial charge < -0.3 is 4.90 Å². The molecule has 0 radical (unpaired) electrons. The summed E-state index contributed by atoms with van der Waals surface area (Å²) in [5.41, 5.74) is 4.65. The zero-order chi connectivity index (χ0) is 16.4. The van der Waals surface area contributed by atoms with Crippen LogP contribution in [0.15, 0.2) is 48.7 Å². The summed E-state index contributed by atoms with van der Waals surface area (Å²) in [6.45, 7) is 7.42. The zero-order valence-electron chi connectivity index (χ0n) is 13.8. The van der Waals surface area contributed by atoms with Gasteiger partial charge in [0.2, 0.25) is 0 Å². The molecule has 2 aromatic heterocycles. The lowest BCUT2D eigenvalue weighted by Crippen LogP contribution is -2.30. The minimum absolute atomic E-state index is 0.0577. The Morgan fingerprint density at radius 2 is 1.78 bits per heavy atom. The van der Waals surface area contributed by atoms with E-state index in [0.29, 0.717) is 18.7 Å². The molecule has 118 valence electrons. The molecular weight excluding hydrogens is 286 g/mol. The molecule has 0 saturated carbocycles. The number of carbonyl (C=O) groups excluding carboxylic acids is 1. The third kappa shape index (κ3) is 2.72. The molecule has 0 unspecified atom stereocenters. The summed E-state index contributed by atoms with van der Waals surface area (Å²) < 4.78 is 2.02. The highest BCUT2D eigenvalue weighted by Gasteiger charge is 2.16. The molecule has 4 heteroatoms. The fraction of sp³-hybridized carbons (Fsp3) is 0.263. The first kappa shape index (κ1) is 15.3. The van der Waals surface area contributed by atoms with Crippen molar-refractivity contribution in [3.05, 3.63) is 59.9 Å². The molecule has 1 aromatic carbocycles. The van der Waals surface area contributed by atoms with Crippen molar-refractivity contribution in [2.24, 2.45) is 0 Å². The molecule has 1 amide bonds. The molecule has 0 aliphatic heterocycles. The number of pyridine rings is 1. The second-order valence-electron chi connectivity index (χ2n) is 5.54. The molecule has 3 aromatic rings. The van der Waals surface area contributed by atoms with Crippen LogP contribution >= 0.6 is 0 Å². The van der Waals surface area contributed by atoms with E-state index in [9.17, 15) is 4.79 Å². The van der Waals surface area contributed by atoms with Crippen LogP contribution < -0.4 is 0 Å². The van der Waals surface area contributed by atoms with Crippen molar-refractivity contribution in [1.29, 1.82) is 0 Å². The normalized spacial score (nSPS) is 10.9. The fourth-order valence-electron chi connectivity index (χ4n) is 2.93. The third-order valence-corrected chi connectivity index (χ3v) is 4.14. The summed E-state index contributed by atoms with van der Waals surface area (Å²) in [7, 11) is 0. The van der Waals surface area contributed by atoms with E-state index in [-0.39, 0.29) is 5.91 Å². The summed E-state index contributed by atoms with van der Waals surface area (Å²) in [5.74, 6) is 0.0577. The quantitative estimate of drug-likeness (QED) is 0.735. The van der Waals surface area contributed by atoms with Gasteiger partial charge in [-0.05, 0) is 32.9 Å². The van der Waals surface area contributed by atoms with E-state index in [1.807, 2.05) is 66.6 Å². The molecule has 4 nitrogen and oxygen atoms in total. The number of aryl methyl sites for hydroxylation is 1. The van der Waals surface area contributed by atoms with Gasteiger partial charge in [0.15, 0.2) is 0 Å². The number of benzene rings is 1. The predicted octanol–water partition coefficient (Wildman–Crippen LogP) is 3.79. The number of imidazole rings is 1. The second kappa shape index (κ2) is 6.24. The molecule has 3 rings (SSSR count). The highest BCUT2D eigenvalue weighted by atomic mass is 16.2. The van der Waals surface area contributed by atoms with E-state index in [0.717, 1.165) is 22.6 Å². The maximum Gasteiger partial charge on any atom is 0.255 e. The molecule has 0 atom stereocenters. The lowest BCUT2D eigenvalue weighted by atomic mass is 10.1. The fourth-order valence-corrected chi connectivity index (χ4v) is 2.93. The van der Waals surface area contributed by atoms with E-state index in [1.165, 1.54) is 0 Å². The van der Waals surface area contributed by atoms with Crippen molar-refractivity contribution in [3.63, 3.8) is 0 Å². The van der Waals surface area contributed by atoms with Crippen molar-refractivity contribution in [2.75, 3.05) is 13.1 Å². The van der Waals surface area contributed by atoms with Gasteiger partial charge in [0.1, 0.15) is 5.65 Å². The Kier molecular flexibility index (Phi) is 4.15. The van der Waals surface area contributed by atoms with E-state index in [2.05, 4.69) is 17.1 Å². The molecule has 0 aliphatic rings. The molecule has 0 spiro atoms. The highest BCUT2D eigenvalue weighted by Crippen LogP contribution is 2.25. The zero-order valence-corrected chi connectivity index (χ0v) is 13.8. The summed E-state index contributed by atoms with van der Waals surface area (Å²) in [6.07, 6.45) is 1.90. The Morgan fingerprint density at radius 3 is 2.43 bits per heavy atom. The number of hydrogen-bond acceptors (Lipinski definition) is 2. The number of aromatic nitrogens is 2. The van der Waals surface area contributed by atoms with Crippen LogP contribution in [0.2, 0.25) is 0 Å². The van der Waals surface area contributed by atoms with Gasteiger partial charge in [-0.25, -0.2) is 4.98 Å². The number of carbonyl (C=O) groups is 1. The molecule has 0 N–H and O–H groups in total. The van der Waals surface area contributed by atoms with Gasteiger partial charge in [0.25, 0.3) is 5.91 Å². The maximum atomic E-state index is 12.6. The Morgan fingerprint density at radius 1 is 1.09 bits per heavy atom. The standard InChI is InChI=1S/C19H21N3O/c1-4-21(5-2)19(23)16-11-12-17-20-14(3)18(22(17)13-16)15-9-7-6-8-10-15/h6-13H,4-5H2,1-3H3. The lowest BCUT2D eigenvalue weighted by Gasteiger charge is -2.18. The maximum absolute atomic E-state index is 12.6. The van der Waals surface area contributed by atoms with Crippen molar-refractivity contribution in [1.82, 2.24) is 14.3 Å². The average Bonchev–Trinajstić information content (AvgIpc) is 2.91. The SMILES string of the molecule is CCN(CC)C(=O)c1ccc2nc(C)c(-c3ccccc3)n2c1. The van der Waals surface area contributed by atoms with Gasteiger partial charge in [-0.3, -0.25) is 9.20 Å². The van der Waals surface area contributed by atoms with E-state index in [4.69, 9.17) is 0 Å². The van der Waals surface area contributed by atoms with Crippen molar-refractivity contribution < 1.29 is 4.79 Å². The highest BCUT2D eigenvalue weighted by molar-refractivity contribution is 5.94. The van der Waals surface area contributed by atoms with Crippen molar-refractivity contribution in [3.8, 4) is 11.3 Å². The average molecular weight is 307 g/mol. The van der Waals surface area contributed by atoms with Gasteiger partial charge in [-0.1, -0.05) is 30.3 Å². The smallest absolute Gasteiger partial charge is 0.255 e. The topological polar surface area (TPSA) is 37.6 Å². The van der Waals surface area contributed by atoms with Crippen molar-refractivity contribution in [2.45, 2.75) is 20.8 Å². The molecule has 0 bridgehead atoms. The van der Waals surface area contributed by atoms with Crippen LogP contribution in [0.3, 0.4) is 0 Å². The minimum Gasteiger partial charge on any atom is -0.339 e. The number of hydrogen-bond donors (Lipinski definition) is 0.